The van der Waals surface area contributed by atoms with Crippen LogP contribution in [-0.4, -0.2) is 33.3 Å². The maximum Gasteiger partial charge on any atom is 0.231 e. The molecule has 0 radical (unpaired) electrons. The van der Waals surface area contributed by atoms with E-state index < -0.39 is 0 Å². The molecule has 3 aromatic rings. The summed E-state index contributed by atoms with van der Waals surface area (Å²) in [4.78, 5) is 14.4. The number of rotatable bonds is 5. The molecule has 2 aliphatic rings. The molecular weight excluding hydrogens is 401 g/mol. The number of halogens is 1. The third-order valence-corrected chi connectivity index (χ3v) is 6.08. The summed E-state index contributed by atoms with van der Waals surface area (Å²) in [6.45, 7) is 1.06. The minimum Gasteiger partial charge on any atom is -0.492 e. The first kappa shape index (κ1) is 19.6. The van der Waals surface area contributed by atoms with Crippen molar-refractivity contribution in [2.75, 3.05) is 27.5 Å². The number of ether oxygens (including phenoxy) is 3. The number of nitrogens with one attached hydrogen (secondary N) is 1. The summed E-state index contributed by atoms with van der Waals surface area (Å²) in [5.41, 5.74) is 2.84. The SMILES string of the molecule is COc1c2c(cc3c1[C@H](CC(=O)c1ccc(-c4ccc(F)cc4)o1)[NH+](C)CC3)OCO2. The minimum atomic E-state index is -0.316. The van der Waals surface area contributed by atoms with Gasteiger partial charge in [-0.2, -0.15) is 0 Å². The minimum absolute atomic E-state index is 0.0923. The lowest BCUT2D eigenvalue weighted by Gasteiger charge is -2.32. The van der Waals surface area contributed by atoms with Crippen molar-refractivity contribution in [1.82, 2.24) is 0 Å². The molecule has 2 aromatic carbocycles. The standard InChI is InChI=1S/C24H22FNO5/c1-26-10-9-15-11-21-23(30-13-29-21)24(28-2)22(15)17(26)12-18(27)20-8-7-19(31-20)14-3-5-16(25)6-4-14/h3-8,11,17H,9-10,12-13H2,1-2H3/p+1/t17-/m0/s1. The number of carbonyl (C=O) groups excluding carboxylic acids is 1. The summed E-state index contributed by atoms with van der Waals surface area (Å²) in [6, 6.07) is 11.3. The molecule has 0 saturated heterocycles. The van der Waals surface area contributed by atoms with Gasteiger partial charge in [0.15, 0.2) is 17.3 Å². The topological polar surface area (TPSA) is 62.3 Å². The van der Waals surface area contributed by atoms with Gasteiger partial charge in [-0.05, 0) is 48.0 Å². The second kappa shape index (κ2) is 7.74. The highest BCUT2D eigenvalue weighted by Gasteiger charge is 2.38. The quantitative estimate of drug-likeness (QED) is 0.638. The van der Waals surface area contributed by atoms with E-state index in [9.17, 15) is 9.18 Å². The van der Waals surface area contributed by atoms with Crippen molar-refractivity contribution in [3.63, 3.8) is 0 Å². The number of furan rings is 1. The summed E-state index contributed by atoms with van der Waals surface area (Å²) >= 11 is 0. The van der Waals surface area contributed by atoms with Crippen molar-refractivity contribution in [1.29, 1.82) is 0 Å². The second-order valence-corrected chi connectivity index (χ2v) is 7.91. The van der Waals surface area contributed by atoms with Crippen LogP contribution in [0.2, 0.25) is 0 Å². The highest BCUT2D eigenvalue weighted by molar-refractivity contribution is 5.94. The van der Waals surface area contributed by atoms with Crippen LogP contribution < -0.4 is 19.1 Å². The Bertz CT molecular complexity index is 1140. The number of hydrogen-bond acceptors (Lipinski definition) is 5. The number of fused-ring (bicyclic) bond motifs is 2. The first-order valence-electron chi connectivity index (χ1n) is 10.3. The Labute approximate surface area is 179 Å². The number of Topliss-reactive ketones (excluding diaryl/α,β-unsaturated/α-hetero) is 1. The van der Waals surface area contributed by atoms with Gasteiger partial charge in [0.2, 0.25) is 18.3 Å². The number of benzene rings is 2. The van der Waals surface area contributed by atoms with Crippen LogP contribution in [0.4, 0.5) is 4.39 Å². The van der Waals surface area contributed by atoms with Crippen LogP contribution in [0.5, 0.6) is 17.2 Å². The molecule has 5 rings (SSSR count). The molecule has 1 aromatic heterocycles. The lowest BCUT2D eigenvalue weighted by Crippen LogP contribution is -3.10. The largest absolute Gasteiger partial charge is 0.492 e. The predicted molar refractivity (Wildman–Crippen MR) is 110 cm³/mol. The lowest BCUT2D eigenvalue weighted by atomic mass is 9.88. The number of methoxy groups -OCH3 is 1. The highest BCUT2D eigenvalue weighted by atomic mass is 19.1. The van der Waals surface area contributed by atoms with Crippen LogP contribution in [0.3, 0.4) is 0 Å². The van der Waals surface area contributed by atoms with Gasteiger partial charge in [-0.3, -0.25) is 4.79 Å². The molecular formula is C24H23FNO5+. The van der Waals surface area contributed by atoms with Crippen molar-refractivity contribution in [3.8, 4) is 28.6 Å². The summed E-state index contributed by atoms with van der Waals surface area (Å²) in [7, 11) is 3.69. The maximum atomic E-state index is 13.2. The van der Waals surface area contributed by atoms with E-state index in [0.717, 1.165) is 29.7 Å². The molecule has 2 atom stereocenters. The average Bonchev–Trinajstić information content (AvgIpc) is 3.44. The van der Waals surface area contributed by atoms with Gasteiger partial charge in [0.05, 0.1) is 32.7 Å². The van der Waals surface area contributed by atoms with Gasteiger partial charge < -0.3 is 23.5 Å². The van der Waals surface area contributed by atoms with Crippen LogP contribution in [0, 0.1) is 5.82 Å². The monoisotopic (exact) mass is 424 g/mol. The molecule has 7 heteroatoms. The van der Waals surface area contributed by atoms with Crippen molar-refractivity contribution in [3.05, 3.63) is 65.2 Å². The molecule has 160 valence electrons. The number of hydrogen-bond donors (Lipinski definition) is 1. The first-order valence-corrected chi connectivity index (χ1v) is 10.3. The van der Waals surface area contributed by atoms with Gasteiger partial charge in [0.25, 0.3) is 0 Å². The zero-order valence-electron chi connectivity index (χ0n) is 17.4. The Morgan fingerprint density at radius 1 is 1.19 bits per heavy atom. The maximum absolute atomic E-state index is 13.2. The van der Waals surface area contributed by atoms with E-state index in [2.05, 4.69) is 7.05 Å². The fourth-order valence-electron chi connectivity index (χ4n) is 4.44. The molecule has 0 bridgehead atoms. The highest BCUT2D eigenvalue weighted by Crippen LogP contribution is 2.48. The third kappa shape index (κ3) is 3.45. The van der Waals surface area contributed by atoms with Gasteiger partial charge in [0, 0.05) is 12.0 Å². The lowest BCUT2D eigenvalue weighted by molar-refractivity contribution is -0.913. The predicted octanol–water partition coefficient (Wildman–Crippen LogP) is 3.21. The van der Waals surface area contributed by atoms with Crippen molar-refractivity contribution in [2.24, 2.45) is 0 Å². The summed E-state index contributed by atoms with van der Waals surface area (Å²) in [5, 5.41) is 0. The van der Waals surface area contributed by atoms with E-state index in [1.165, 1.54) is 17.0 Å². The molecule has 2 aliphatic heterocycles. The van der Waals surface area contributed by atoms with Crippen LogP contribution in [-0.2, 0) is 6.42 Å². The van der Waals surface area contributed by atoms with E-state index in [1.54, 1.807) is 31.4 Å². The molecule has 6 nitrogen and oxygen atoms in total. The average molecular weight is 424 g/mol. The van der Waals surface area contributed by atoms with E-state index in [4.69, 9.17) is 18.6 Å². The zero-order chi connectivity index (χ0) is 21.5. The molecule has 0 amide bonds. The Morgan fingerprint density at radius 2 is 2.00 bits per heavy atom. The Balaban J connectivity index is 1.44. The van der Waals surface area contributed by atoms with E-state index in [-0.39, 0.29) is 30.9 Å². The van der Waals surface area contributed by atoms with E-state index in [1.807, 2.05) is 6.07 Å². The summed E-state index contributed by atoms with van der Waals surface area (Å²) < 4.78 is 35.9. The summed E-state index contributed by atoms with van der Waals surface area (Å²) in [5.74, 6) is 2.36. The van der Waals surface area contributed by atoms with E-state index in [0.29, 0.717) is 28.8 Å². The molecule has 0 aliphatic carbocycles. The smallest absolute Gasteiger partial charge is 0.231 e. The molecule has 31 heavy (non-hydrogen) atoms. The van der Waals surface area contributed by atoms with Crippen molar-refractivity contribution < 1.29 is 32.7 Å². The molecule has 1 N–H and O–H groups in total. The molecule has 0 spiro atoms. The number of ketones is 1. The Kier molecular flexibility index (Phi) is 4.90. The number of likely N-dealkylation sites (N-methyl/N-ethyl adjacent to an activating group) is 1. The number of carbonyl (C=O) groups is 1. The second-order valence-electron chi connectivity index (χ2n) is 7.91. The fraction of sp³-hybridized carbons (Fsp3) is 0.292. The number of quaternary nitrogens is 1. The summed E-state index contributed by atoms with van der Waals surface area (Å²) in [6.07, 6.45) is 1.14. The van der Waals surface area contributed by atoms with E-state index >= 15 is 0 Å². The Hall–Kier alpha value is -3.32. The van der Waals surface area contributed by atoms with Crippen molar-refractivity contribution in [2.45, 2.75) is 18.9 Å². The molecule has 0 fully saturated rings. The zero-order valence-corrected chi connectivity index (χ0v) is 17.4. The van der Waals surface area contributed by atoms with Crippen LogP contribution in [0.15, 0.2) is 46.9 Å². The van der Waals surface area contributed by atoms with Crippen LogP contribution >= 0.6 is 0 Å². The van der Waals surface area contributed by atoms with Gasteiger partial charge in [-0.1, -0.05) is 0 Å². The van der Waals surface area contributed by atoms with Gasteiger partial charge >= 0.3 is 0 Å². The normalized spacial score (nSPS) is 19.2. The van der Waals surface area contributed by atoms with Crippen molar-refractivity contribution >= 4 is 5.78 Å². The third-order valence-electron chi connectivity index (χ3n) is 6.08. The van der Waals surface area contributed by atoms with Crippen LogP contribution in [0.1, 0.15) is 34.1 Å². The van der Waals surface area contributed by atoms with Gasteiger partial charge in [0.1, 0.15) is 17.6 Å². The molecule has 0 saturated carbocycles. The molecule has 3 heterocycles. The van der Waals surface area contributed by atoms with Gasteiger partial charge in [-0.15, -0.1) is 0 Å². The fourth-order valence-corrected chi connectivity index (χ4v) is 4.44. The molecule has 1 unspecified atom stereocenters. The first-order chi connectivity index (χ1) is 15.0. The van der Waals surface area contributed by atoms with Gasteiger partial charge in [-0.25, -0.2) is 4.39 Å². The van der Waals surface area contributed by atoms with Crippen LogP contribution in [0.25, 0.3) is 11.3 Å². The Morgan fingerprint density at radius 3 is 2.77 bits per heavy atom.